The predicted octanol–water partition coefficient (Wildman–Crippen LogP) is 2.09. The number of nitrogens with one attached hydrogen (secondary N) is 2. The average molecular weight is 328 g/mol. The van der Waals surface area contributed by atoms with E-state index in [9.17, 15) is 4.79 Å². The quantitative estimate of drug-likeness (QED) is 0.883. The van der Waals surface area contributed by atoms with E-state index in [0.29, 0.717) is 29.7 Å². The number of aromatic amines is 1. The first-order chi connectivity index (χ1) is 11.3. The van der Waals surface area contributed by atoms with Gasteiger partial charge in [-0.15, -0.1) is 11.3 Å². The van der Waals surface area contributed by atoms with Crippen molar-refractivity contribution in [3.8, 4) is 10.6 Å². The lowest BCUT2D eigenvalue weighted by molar-refractivity contribution is -0.123. The Kier molecular flexibility index (Phi) is 3.09. The first-order valence-electron chi connectivity index (χ1n) is 8.39. The minimum Gasteiger partial charge on any atom is -0.353 e. The Balaban J connectivity index is 1.16. The molecule has 1 saturated heterocycles. The molecular formula is C17H20N4OS. The fourth-order valence-electron chi connectivity index (χ4n) is 3.88. The van der Waals surface area contributed by atoms with E-state index in [1.807, 2.05) is 17.4 Å². The van der Waals surface area contributed by atoms with Gasteiger partial charge < -0.3 is 5.32 Å². The summed E-state index contributed by atoms with van der Waals surface area (Å²) >= 11 is 1.83. The van der Waals surface area contributed by atoms with E-state index in [1.165, 1.54) is 22.6 Å². The molecule has 6 heteroatoms. The monoisotopic (exact) mass is 328 g/mol. The Hall–Kier alpha value is -1.66. The Bertz CT molecular complexity index is 709. The van der Waals surface area contributed by atoms with Gasteiger partial charge >= 0.3 is 0 Å². The minimum atomic E-state index is 0.302. The molecule has 3 heterocycles. The molecule has 0 aromatic carbocycles. The normalized spacial score (nSPS) is 29.5. The van der Waals surface area contributed by atoms with E-state index in [2.05, 4.69) is 32.5 Å². The third-order valence-corrected chi connectivity index (χ3v) is 6.41. The van der Waals surface area contributed by atoms with Crippen LogP contribution in [0.3, 0.4) is 0 Å². The second-order valence-electron chi connectivity index (χ2n) is 7.07. The minimum absolute atomic E-state index is 0.302. The molecule has 120 valence electrons. The Labute approximate surface area is 139 Å². The molecule has 23 heavy (non-hydrogen) atoms. The van der Waals surface area contributed by atoms with Crippen LogP contribution in [0, 0.1) is 17.8 Å². The first-order valence-corrected chi connectivity index (χ1v) is 9.21. The van der Waals surface area contributed by atoms with Crippen molar-refractivity contribution in [2.45, 2.75) is 25.4 Å². The van der Waals surface area contributed by atoms with Crippen LogP contribution in [0.2, 0.25) is 0 Å². The highest BCUT2D eigenvalue weighted by Crippen LogP contribution is 2.52. The molecule has 0 radical (unpaired) electrons. The van der Waals surface area contributed by atoms with Crippen LogP contribution < -0.4 is 5.32 Å². The Morgan fingerprint density at radius 1 is 1.30 bits per heavy atom. The summed E-state index contributed by atoms with van der Waals surface area (Å²) in [6, 6.07) is 6.87. The van der Waals surface area contributed by atoms with E-state index < -0.39 is 0 Å². The molecule has 3 aliphatic rings. The van der Waals surface area contributed by atoms with Crippen molar-refractivity contribution in [1.29, 1.82) is 0 Å². The molecular weight excluding hydrogens is 308 g/mol. The summed E-state index contributed by atoms with van der Waals surface area (Å²) in [5.74, 6) is 1.82. The number of piperidine rings is 1. The van der Waals surface area contributed by atoms with Crippen LogP contribution in [0.25, 0.3) is 10.6 Å². The zero-order valence-corrected chi connectivity index (χ0v) is 13.7. The van der Waals surface area contributed by atoms with Crippen molar-refractivity contribution in [3.05, 3.63) is 29.3 Å². The van der Waals surface area contributed by atoms with Crippen LogP contribution in [0.1, 0.15) is 17.7 Å². The van der Waals surface area contributed by atoms with Gasteiger partial charge in [0.25, 0.3) is 0 Å². The van der Waals surface area contributed by atoms with Gasteiger partial charge in [-0.1, -0.05) is 0 Å². The number of carbonyl (C=O) groups is 1. The Morgan fingerprint density at radius 2 is 2.13 bits per heavy atom. The third kappa shape index (κ3) is 2.60. The van der Waals surface area contributed by atoms with Crippen LogP contribution in [-0.2, 0) is 11.3 Å². The van der Waals surface area contributed by atoms with Crippen molar-refractivity contribution in [1.82, 2.24) is 20.4 Å². The fourth-order valence-corrected chi connectivity index (χ4v) is 4.90. The number of hydrogen-bond acceptors (Lipinski definition) is 4. The SMILES string of the molecule is O=C(NC1CC1)C1[C@H]2CN(Cc3ccc(-c4ccn[nH]4)s3)C[C@@H]12. The van der Waals surface area contributed by atoms with Crippen molar-refractivity contribution < 1.29 is 4.79 Å². The third-order valence-electron chi connectivity index (χ3n) is 5.30. The van der Waals surface area contributed by atoms with E-state index >= 15 is 0 Å². The van der Waals surface area contributed by atoms with Gasteiger partial charge in [0.2, 0.25) is 5.91 Å². The summed E-state index contributed by atoms with van der Waals surface area (Å²) in [6.45, 7) is 3.15. The maximum Gasteiger partial charge on any atom is 0.224 e. The maximum atomic E-state index is 12.1. The number of likely N-dealkylation sites (tertiary alicyclic amines) is 1. The number of nitrogens with zero attached hydrogens (tertiary/aromatic N) is 2. The Morgan fingerprint density at radius 3 is 2.83 bits per heavy atom. The molecule has 0 spiro atoms. The molecule has 2 aliphatic carbocycles. The summed E-state index contributed by atoms with van der Waals surface area (Å²) in [4.78, 5) is 17.3. The van der Waals surface area contributed by atoms with Gasteiger partial charge in [-0.05, 0) is 42.9 Å². The van der Waals surface area contributed by atoms with Crippen molar-refractivity contribution in [2.24, 2.45) is 17.8 Å². The maximum absolute atomic E-state index is 12.1. The molecule has 2 aromatic rings. The van der Waals surface area contributed by atoms with Crippen LogP contribution in [0.4, 0.5) is 0 Å². The molecule has 5 rings (SSSR count). The van der Waals surface area contributed by atoms with Gasteiger partial charge in [0.1, 0.15) is 0 Å². The zero-order chi connectivity index (χ0) is 15.4. The van der Waals surface area contributed by atoms with E-state index in [4.69, 9.17) is 0 Å². The number of aromatic nitrogens is 2. The molecule has 3 fully saturated rings. The summed E-state index contributed by atoms with van der Waals surface area (Å²) in [6.07, 6.45) is 4.14. The molecule has 2 N–H and O–H groups in total. The molecule has 2 saturated carbocycles. The topological polar surface area (TPSA) is 61.0 Å². The number of hydrogen-bond donors (Lipinski definition) is 2. The average Bonchev–Trinajstić information content (AvgIpc) is 3.23. The lowest BCUT2D eigenvalue weighted by Gasteiger charge is -2.18. The standard InChI is InChI=1S/C17H20N4OS/c22-17(19-10-1-2-10)16-12-8-21(9-13(12)16)7-11-3-4-15(23-11)14-5-6-18-20-14/h3-6,10,12-13,16H,1-2,7-9H2,(H,18,20)(H,19,22)/t12-,13+,16?. The van der Waals surface area contributed by atoms with E-state index in [0.717, 1.165) is 25.3 Å². The van der Waals surface area contributed by atoms with Crippen molar-refractivity contribution >= 4 is 17.2 Å². The van der Waals surface area contributed by atoms with Gasteiger partial charge in [0.05, 0.1) is 10.6 Å². The number of rotatable bonds is 5. The van der Waals surface area contributed by atoms with E-state index in [1.54, 1.807) is 6.20 Å². The van der Waals surface area contributed by atoms with Gasteiger partial charge in [0, 0.05) is 42.7 Å². The summed E-state index contributed by atoms with van der Waals surface area (Å²) in [7, 11) is 0. The lowest BCUT2D eigenvalue weighted by Crippen LogP contribution is -2.32. The largest absolute Gasteiger partial charge is 0.353 e. The van der Waals surface area contributed by atoms with Crippen LogP contribution >= 0.6 is 11.3 Å². The van der Waals surface area contributed by atoms with Gasteiger partial charge in [-0.3, -0.25) is 14.8 Å². The number of carbonyl (C=O) groups excluding carboxylic acids is 1. The molecule has 0 bridgehead atoms. The van der Waals surface area contributed by atoms with E-state index in [-0.39, 0.29) is 0 Å². The molecule has 2 aromatic heterocycles. The highest BCUT2D eigenvalue weighted by molar-refractivity contribution is 7.15. The molecule has 3 atom stereocenters. The first kappa shape index (κ1) is 13.7. The number of fused-ring (bicyclic) bond motifs is 1. The molecule has 1 amide bonds. The van der Waals surface area contributed by atoms with Crippen LogP contribution in [-0.4, -0.2) is 40.1 Å². The number of amides is 1. The predicted molar refractivity (Wildman–Crippen MR) is 88.8 cm³/mol. The molecule has 1 unspecified atom stereocenters. The highest BCUT2D eigenvalue weighted by atomic mass is 32.1. The van der Waals surface area contributed by atoms with Crippen LogP contribution in [0.15, 0.2) is 24.4 Å². The zero-order valence-electron chi connectivity index (χ0n) is 12.9. The lowest BCUT2D eigenvalue weighted by atomic mass is 10.2. The number of H-pyrrole nitrogens is 1. The molecule has 5 nitrogen and oxygen atoms in total. The number of thiophene rings is 1. The molecule has 1 aliphatic heterocycles. The van der Waals surface area contributed by atoms with Crippen molar-refractivity contribution in [3.63, 3.8) is 0 Å². The smallest absolute Gasteiger partial charge is 0.224 e. The van der Waals surface area contributed by atoms with Gasteiger partial charge in [-0.2, -0.15) is 5.10 Å². The summed E-state index contributed by atoms with van der Waals surface area (Å²) in [5.41, 5.74) is 1.09. The summed E-state index contributed by atoms with van der Waals surface area (Å²) < 4.78 is 0. The summed E-state index contributed by atoms with van der Waals surface area (Å²) in [5, 5.41) is 10.2. The van der Waals surface area contributed by atoms with Gasteiger partial charge in [0.15, 0.2) is 0 Å². The second kappa shape index (κ2) is 5.18. The van der Waals surface area contributed by atoms with Crippen LogP contribution in [0.5, 0.6) is 0 Å². The second-order valence-corrected chi connectivity index (χ2v) is 8.24. The fraction of sp³-hybridized carbons (Fsp3) is 0.529. The highest BCUT2D eigenvalue weighted by Gasteiger charge is 2.59. The van der Waals surface area contributed by atoms with Gasteiger partial charge in [-0.25, -0.2) is 0 Å². The van der Waals surface area contributed by atoms with Crippen molar-refractivity contribution in [2.75, 3.05) is 13.1 Å².